The third kappa shape index (κ3) is 7.28. The van der Waals surface area contributed by atoms with E-state index in [-0.39, 0.29) is 30.5 Å². The Morgan fingerprint density at radius 2 is 1.85 bits per heavy atom. The highest BCUT2D eigenvalue weighted by Gasteiger charge is 2.40. The first-order chi connectivity index (χ1) is 18.5. The van der Waals surface area contributed by atoms with Crippen LogP contribution in [-0.4, -0.2) is 51.2 Å². The zero-order valence-corrected chi connectivity index (χ0v) is 25.6. The molecule has 5 nitrogen and oxygen atoms in total. The largest absolute Gasteiger partial charge is 0.362 e. The van der Waals surface area contributed by atoms with E-state index in [4.69, 9.17) is 4.74 Å². The number of ether oxygens (including phenoxy) is 1. The first-order valence-electron chi connectivity index (χ1n) is 14.4. The number of benzene rings is 2. The molecule has 1 saturated heterocycles. The van der Waals surface area contributed by atoms with Crippen molar-refractivity contribution < 1.29 is 14.3 Å². The second-order valence-corrected chi connectivity index (χ2v) is 18.7. The lowest BCUT2D eigenvalue weighted by Crippen LogP contribution is -2.47. The highest BCUT2D eigenvalue weighted by molar-refractivity contribution is 6.76. The van der Waals surface area contributed by atoms with Gasteiger partial charge in [-0.15, -0.1) is 0 Å². The Bertz CT molecular complexity index is 1190. The molecule has 2 aliphatic rings. The molecule has 2 aromatic carbocycles. The highest BCUT2D eigenvalue weighted by Crippen LogP contribution is 2.38. The Kier molecular flexibility index (Phi) is 9.17. The van der Waals surface area contributed by atoms with Crippen molar-refractivity contribution in [2.45, 2.75) is 77.2 Å². The van der Waals surface area contributed by atoms with Crippen molar-refractivity contribution in [1.29, 1.82) is 0 Å². The van der Waals surface area contributed by atoms with Crippen LogP contribution in [0.5, 0.6) is 0 Å². The molecule has 4 rings (SSSR count). The number of hydrogen-bond donors (Lipinski definition) is 1. The van der Waals surface area contributed by atoms with Gasteiger partial charge in [-0.1, -0.05) is 87.2 Å². The summed E-state index contributed by atoms with van der Waals surface area (Å²) in [5, 5.41) is 3.00. The third-order valence-electron chi connectivity index (χ3n) is 8.66. The van der Waals surface area contributed by atoms with Gasteiger partial charge < -0.3 is 15.0 Å². The van der Waals surface area contributed by atoms with Crippen molar-refractivity contribution in [3.05, 3.63) is 76.9 Å². The molecule has 6 heteroatoms. The summed E-state index contributed by atoms with van der Waals surface area (Å²) >= 11 is 0. The minimum atomic E-state index is -1.13. The number of carbonyl (C=O) groups excluding carboxylic acids is 2. The van der Waals surface area contributed by atoms with Gasteiger partial charge in [-0.05, 0) is 60.9 Å². The van der Waals surface area contributed by atoms with Crippen LogP contribution in [0.25, 0.3) is 6.08 Å². The van der Waals surface area contributed by atoms with Crippen molar-refractivity contribution in [3.8, 4) is 0 Å². The molecule has 1 aliphatic carbocycles. The van der Waals surface area contributed by atoms with Gasteiger partial charge in [0.05, 0.1) is 5.41 Å². The second-order valence-electron chi connectivity index (χ2n) is 13.1. The molecule has 0 spiro atoms. The zero-order chi connectivity index (χ0) is 28.2. The molecule has 0 radical (unpaired) electrons. The Balaban J connectivity index is 1.33. The molecule has 2 aromatic rings. The molecule has 4 unspecified atom stereocenters. The summed E-state index contributed by atoms with van der Waals surface area (Å²) in [6, 6.07) is 18.3. The average Bonchev–Trinajstić information content (AvgIpc) is 3.25. The SMILES string of the molecule is CC1C(c2ccccc2)CC(CC=Cc2ccc3c(c2)CC(C)(C(=O)NCOCC[Si](C)(C)C)C3)C(=O)N1C. The van der Waals surface area contributed by atoms with Gasteiger partial charge in [-0.25, -0.2) is 0 Å². The van der Waals surface area contributed by atoms with Crippen LogP contribution in [0.15, 0.2) is 54.6 Å². The van der Waals surface area contributed by atoms with Gasteiger partial charge in [-0.3, -0.25) is 9.59 Å². The Morgan fingerprint density at radius 1 is 1.13 bits per heavy atom. The number of allylic oxidation sites excluding steroid dienone is 1. The van der Waals surface area contributed by atoms with E-state index in [9.17, 15) is 9.59 Å². The Hall–Kier alpha value is -2.70. The lowest BCUT2D eigenvalue weighted by Gasteiger charge is -2.41. The number of fused-ring (bicyclic) bond motifs is 1. The first kappa shape index (κ1) is 29.3. The number of likely N-dealkylation sites (tertiary alicyclic amines) is 1. The number of rotatable bonds is 10. The third-order valence-corrected chi connectivity index (χ3v) is 10.4. The summed E-state index contributed by atoms with van der Waals surface area (Å²) in [7, 11) is 0.805. The van der Waals surface area contributed by atoms with Crippen LogP contribution < -0.4 is 5.32 Å². The van der Waals surface area contributed by atoms with Crippen LogP contribution in [0.3, 0.4) is 0 Å². The lowest BCUT2D eigenvalue weighted by atomic mass is 9.78. The van der Waals surface area contributed by atoms with Crippen molar-refractivity contribution in [1.82, 2.24) is 10.2 Å². The van der Waals surface area contributed by atoms with E-state index in [1.165, 1.54) is 16.7 Å². The van der Waals surface area contributed by atoms with Crippen LogP contribution in [0, 0.1) is 11.3 Å². The number of likely N-dealkylation sites (N-methyl/N-ethyl adjacent to an activating group) is 1. The summed E-state index contributed by atoms with van der Waals surface area (Å²) in [5.41, 5.74) is 4.46. The minimum absolute atomic E-state index is 0.0120. The van der Waals surface area contributed by atoms with E-state index in [1.807, 2.05) is 18.0 Å². The normalized spacial score (nSPS) is 25.2. The van der Waals surface area contributed by atoms with Gasteiger partial charge in [0.15, 0.2) is 0 Å². The van der Waals surface area contributed by atoms with Crippen LogP contribution in [-0.2, 0) is 27.2 Å². The highest BCUT2D eigenvalue weighted by atomic mass is 28.3. The number of nitrogens with zero attached hydrogens (tertiary/aromatic N) is 1. The fourth-order valence-corrected chi connectivity index (χ4v) is 6.73. The molecular formula is C33H46N2O3Si. The van der Waals surface area contributed by atoms with Crippen molar-refractivity contribution >= 4 is 26.0 Å². The van der Waals surface area contributed by atoms with E-state index in [2.05, 4.69) is 93.4 Å². The zero-order valence-electron chi connectivity index (χ0n) is 24.6. The topological polar surface area (TPSA) is 58.6 Å². The number of nitrogens with one attached hydrogen (secondary N) is 1. The van der Waals surface area contributed by atoms with Gasteiger partial charge in [0.25, 0.3) is 0 Å². The fraction of sp³-hybridized carbons (Fsp3) is 0.515. The van der Waals surface area contributed by atoms with E-state index in [1.54, 1.807) is 0 Å². The molecular weight excluding hydrogens is 500 g/mol. The van der Waals surface area contributed by atoms with Crippen LogP contribution in [0.1, 0.15) is 54.9 Å². The maximum Gasteiger partial charge on any atom is 0.228 e. The van der Waals surface area contributed by atoms with E-state index >= 15 is 0 Å². The van der Waals surface area contributed by atoms with E-state index in [0.29, 0.717) is 12.5 Å². The molecule has 39 heavy (non-hydrogen) atoms. The number of hydrogen-bond acceptors (Lipinski definition) is 3. The molecule has 0 bridgehead atoms. The molecule has 0 aromatic heterocycles. The Morgan fingerprint density at radius 3 is 2.56 bits per heavy atom. The van der Waals surface area contributed by atoms with Crippen molar-refractivity contribution in [3.63, 3.8) is 0 Å². The minimum Gasteiger partial charge on any atom is -0.362 e. The van der Waals surface area contributed by atoms with E-state index < -0.39 is 13.5 Å². The molecule has 1 N–H and O–H groups in total. The van der Waals surface area contributed by atoms with Gasteiger partial charge in [-0.2, -0.15) is 0 Å². The fourth-order valence-electron chi connectivity index (χ4n) is 5.97. The van der Waals surface area contributed by atoms with E-state index in [0.717, 1.165) is 37.3 Å². The van der Waals surface area contributed by atoms with Gasteiger partial charge in [0, 0.05) is 39.6 Å². The Labute approximate surface area is 236 Å². The molecule has 0 saturated carbocycles. The predicted octanol–water partition coefficient (Wildman–Crippen LogP) is 6.27. The summed E-state index contributed by atoms with van der Waals surface area (Å²) in [4.78, 5) is 28.0. The number of amides is 2. The smallest absolute Gasteiger partial charge is 0.228 e. The number of piperidine rings is 1. The summed E-state index contributed by atoms with van der Waals surface area (Å²) in [6.45, 7) is 12.2. The summed E-state index contributed by atoms with van der Waals surface area (Å²) in [6.07, 6.45) is 7.36. The average molecular weight is 547 g/mol. The van der Waals surface area contributed by atoms with Gasteiger partial charge in [0.1, 0.15) is 6.73 Å². The lowest BCUT2D eigenvalue weighted by molar-refractivity contribution is -0.140. The second kappa shape index (κ2) is 12.2. The maximum atomic E-state index is 13.0. The molecule has 1 fully saturated rings. The molecule has 210 valence electrons. The molecule has 1 heterocycles. The molecule has 2 amide bonds. The molecule has 4 atom stereocenters. The molecule has 1 aliphatic heterocycles. The summed E-state index contributed by atoms with van der Waals surface area (Å²) in [5.74, 6) is 0.634. The predicted molar refractivity (Wildman–Crippen MR) is 162 cm³/mol. The summed E-state index contributed by atoms with van der Waals surface area (Å²) < 4.78 is 5.69. The van der Waals surface area contributed by atoms with Gasteiger partial charge >= 0.3 is 0 Å². The first-order valence-corrected chi connectivity index (χ1v) is 18.1. The monoisotopic (exact) mass is 546 g/mol. The maximum absolute atomic E-state index is 13.0. The number of carbonyl (C=O) groups is 2. The van der Waals surface area contributed by atoms with Crippen molar-refractivity contribution in [2.75, 3.05) is 20.4 Å². The standard InChI is InChI=1S/C33H46N2O3Si/c1-24-30(26-12-8-7-9-13-26)20-27(31(36)35(24)3)14-10-11-25-15-16-28-21-33(2,22-29(28)19-25)32(37)34-23-38-17-18-39(4,5)6/h7-13,15-16,19,24,27,30H,14,17-18,20-23H2,1-6H3,(H,34,37). The van der Waals surface area contributed by atoms with Gasteiger partial charge in [0.2, 0.25) is 11.8 Å². The van der Waals surface area contributed by atoms with Crippen molar-refractivity contribution in [2.24, 2.45) is 11.3 Å². The quantitative estimate of drug-likeness (QED) is 0.217. The van der Waals surface area contributed by atoms with Crippen LogP contribution in [0.4, 0.5) is 0 Å². The van der Waals surface area contributed by atoms with Crippen LogP contribution in [0.2, 0.25) is 25.7 Å². The van der Waals surface area contributed by atoms with Crippen LogP contribution >= 0.6 is 0 Å².